The standard InChI is InChI=1S/C11H13BrN4O2/c1-16-10(11(12)14-15-16)8(17)5-7-3-4-9(18-2)13-6-7/h3-4,6,8,17H,5H2,1-2H3. The van der Waals surface area contributed by atoms with Crippen LogP contribution in [-0.4, -0.2) is 32.2 Å². The van der Waals surface area contributed by atoms with Crippen molar-refractivity contribution in [1.82, 2.24) is 20.0 Å². The number of aromatic nitrogens is 4. The van der Waals surface area contributed by atoms with E-state index < -0.39 is 6.10 Å². The minimum absolute atomic E-state index is 0.441. The molecule has 96 valence electrons. The third-order valence-electron chi connectivity index (χ3n) is 2.58. The summed E-state index contributed by atoms with van der Waals surface area (Å²) in [5.74, 6) is 0.552. The SMILES string of the molecule is COc1ccc(CC(O)c2c(Br)nnn2C)cn1. The Morgan fingerprint density at radius 3 is 2.78 bits per heavy atom. The summed E-state index contributed by atoms with van der Waals surface area (Å²) in [5.41, 5.74) is 1.56. The Bertz CT molecular complexity index is 507. The van der Waals surface area contributed by atoms with Gasteiger partial charge >= 0.3 is 0 Å². The van der Waals surface area contributed by atoms with Gasteiger partial charge in [0.25, 0.3) is 0 Å². The highest BCUT2D eigenvalue weighted by Crippen LogP contribution is 2.23. The van der Waals surface area contributed by atoms with Gasteiger partial charge in [0.05, 0.1) is 7.11 Å². The first-order chi connectivity index (χ1) is 8.61. The van der Waals surface area contributed by atoms with E-state index in [4.69, 9.17) is 4.74 Å². The van der Waals surface area contributed by atoms with E-state index in [1.807, 2.05) is 6.07 Å². The fraction of sp³-hybridized carbons (Fsp3) is 0.364. The Balaban J connectivity index is 2.13. The first-order valence-electron chi connectivity index (χ1n) is 5.34. The summed E-state index contributed by atoms with van der Waals surface area (Å²) in [6.07, 6.45) is 1.44. The number of methoxy groups -OCH3 is 1. The monoisotopic (exact) mass is 312 g/mol. The van der Waals surface area contributed by atoms with E-state index in [1.54, 1.807) is 31.1 Å². The number of aliphatic hydroxyl groups is 1. The van der Waals surface area contributed by atoms with Crippen molar-refractivity contribution >= 4 is 15.9 Å². The van der Waals surface area contributed by atoms with E-state index >= 15 is 0 Å². The average Bonchev–Trinajstić information content (AvgIpc) is 2.70. The van der Waals surface area contributed by atoms with Gasteiger partial charge in [0.15, 0.2) is 4.60 Å². The zero-order valence-electron chi connectivity index (χ0n) is 10.0. The molecule has 6 nitrogen and oxygen atoms in total. The Morgan fingerprint density at radius 2 is 2.28 bits per heavy atom. The summed E-state index contributed by atoms with van der Waals surface area (Å²) in [4.78, 5) is 4.09. The Labute approximate surface area is 113 Å². The molecule has 0 aliphatic rings. The van der Waals surface area contributed by atoms with Gasteiger partial charge in [-0.1, -0.05) is 11.3 Å². The maximum Gasteiger partial charge on any atom is 0.212 e. The molecule has 0 saturated heterocycles. The molecule has 1 atom stereocenters. The number of pyridine rings is 1. The van der Waals surface area contributed by atoms with Crippen LogP contribution in [0.25, 0.3) is 0 Å². The molecule has 2 rings (SSSR count). The highest BCUT2D eigenvalue weighted by Gasteiger charge is 2.18. The van der Waals surface area contributed by atoms with Crippen molar-refractivity contribution < 1.29 is 9.84 Å². The van der Waals surface area contributed by atoms with Gasteiger partial charge in [-0.25, -0.2) is 9.67 Å². The van der Waals surface area contributed by atoms with Crippen molar-refractivity contribution in [2.75, 3.05) is 7.11 Å². The zero-order chi connectivity index (χ0) is 13.1. The van der Waals surface area contributed by atoms with Crippen molar-refractivity contribution in [3.63, 3.8) is 0 Å². The van der Waals surface area contributed by atoms with Crippen LogP contribution in [0.5, 0.6) is 5.88 Å². The minimum atomic E-state index is -0.686. The van der Waals surface area contributed by atoms with Crippen molar-refractivity contribution in [2.24, 2.45) is 7.05 Å². The number of hydrogen-bond acceptors (Lipinski definition) is 5. The third-order valence-corrected chi connectivity index (χ3v) is 3.14. The molecule has 2 heterocycles. The number of aryl methyl sites for hydroxylation is 1. The van der Waals surface area contributed by atoms with Gasteiger partial charge < -0.3 is 9.84 Å². The predicted molar refractivity (Wildman–Crippen MR) is 68.2 cm³/mol. The molecular weight excluding hydrogens is 300 g/mol. The molecule has 0 aliphatic carbocycles. The van der Waals surface area contributed by atoms with Crippen LogP contribution >= 0.6 is 15.9 Å². The molecule has 0 fully saturated rings. The van der Waals surface area contributed by atoms with Gasteiger partial charge in [0, 0.05) is 25.7 Å². The van der Waals surface area contributed by atoms with E-state index in [1.165, 1.54) is 0 Å². The summed E-state index contributed by atoms with van der Waals surface area (Å²) in [5, 5.41) is 17.8. The Morgan fingerprint density at radius 1 is 1.50 bits per heavy atom. The number of halogens is 1. The summed E-state index contributed by atoms with van der Waals surface area (Å²) in [6.45, 7) is 0. The number of nitrogens with zero attached hydrogens (tertiary/aromatic N) is 4. The van der Waals surface area contributed by atoms with Gasteiger partial charge in [-0.05, 0) is 21.5 Å². The van der Waals surface area contributed by atoms with Crippen LogP contribution in [0.3, 0.4) is 0 Å². The lowest BCUT2D eigenvalue weighted by Gasteiger charge is -2.11. The van der Waals surface area contributed by atoms with Crippen LogP contribution in [0.15, 0.2) is 22.9 Å². The molecule has 18 heavy (non-hydrogen) atoms. The number of ether oxygens (including phenoxy) is 1. The summed E-state index contributed by atoms with van der Waals surface area (Å²) in [7, 11) is 3.30. The van der Waals surface area contributed by atoms with Crippen molar-refractivity contribution in [3.8, 4) is 5.88 Å². The number of hydrogen-bond donors (Lipinski definition) is 1. The lowest BCUT2D eigenvalue weighted by atomic mass is 10.1. The predicted octanol–water partition coefficient (Wildman–Crippen LogP) is 1.26. The van der Waals surface area contributed by atoms with Crippen LogP contribution in [0.2, 0.25) is 0 Å². The second kappa shape index (κ2) is 5.45. The molecule has 0 aromatic carbocycles. The first kappa shape index (κ1) is 13.0. The molecule has 0 radical (unpaired) electrons. The van der Waals surface area contributed by atoms with E-state index in [0.29, 0.717) is 22.6 Å². The topological polar surface area (TPSA) is 73.1 Å². The molecule has 0 bridgehead atoms. The van der Waals surface area contributed by atoms with Crippen molar-refractivity contribution in [2.45, 2.75) is 12.5 Å². The van der Waals surface area contributed by atoms with Crippen LogP contribution < -0.4 is 4.74 Å². The van der Waals surface area contributed by atoms with E-state index in [9.17, 15) is 5.11 Å². The molecule has 2 aromatic rings. The minimum Gasteiger partial charge on any atom is -0.481 e. The second-order valence-electron chi connectivity index (χ2n) is 3.82. The van der Waals surface area contributed by atoms with Crippen LogP contribution in [0, 0.1) is 0 Å². The van der Waals surface area contributed by atoms with E-state index in [0.717, 1.165) is 5.56 Å². The summed E-state index contributed by atoms with van der Waals surface area (Å²) >= 11 is 3.26. The Hall–Kier alpha value is -1.47. The third kappa shape index (κ3) is 2.68. The molecule has 0 spiro atoms. The highest BCUT2D eigenvalue weighted by molar-refractivity contribution is 9.10. The lowest BCUT2D eigenvalue weighted by Crippen LogP contribution is -2.08. The second-order valence-corrected chi connectivity index (χ2v) is 4.57. The summed E-state index contributed by atoms with van der Waals surface area (Å²) in [6, 6.07) is 3.63. The first-order valence-corrected chi connectivity index (χ1v) is 6.13. The van der Waals surface area contributed by atoms with Gasteiger partial charge in [-0.3, -0.25) is 0 Å². The maximum absolute atomic E-state index is 10.2. The van der Waals surface area contributed by atoms with Crippen LogP contribution in [0.4, 0.5) is 0 Å². The molecule has 0 saturated carbocycles. The largest absolute Gasteiger partial charge is 0.481 e. The normalized spacial score (nSPS) is 12.4. The lowest BCUT2D eigenvalue weighted by molar-refractivity contribution is 0.167. The molecule has 1 unspecified atom stereocenters. The molecule has 7 heteroatoms. The maximum atomic E-state index is 10.2. The van der Waals surface area contributed by atoms with Gasteiger partial charge in [0.1, 0.15) is 11.8 Å². The van der Waals surface area contributed by atoms with E-state index in [2.05, 4.69) is 31.2 Å². The van der Waals surface area contributed by atoms with Crippen molar-refractivity contribution in [1.29, 1.82) is 0 Å². The molecule has 0 aliphatic heterocycles. The fourth-order valence-electron chi connectivity index (χ4n) is 1.66. The van der Waals surface area contributed by atoms with E-state index in [-0.39, 0.29) is 0 Å². The zero-order valence-corrected chi connectivity index (χ0v) is 11.6. The van der Waals surface area contributed by atoms with Gasteiger partial charge in [0.2, 0.25) is 5.88 Å². The van der Waals surface area contributed by atoms with Crippen molar-refractivity contribution in [3.05, 3.63) is 34.2 Å². The number of aliphatic hydroxyl groups excluding tert-OH is 1. The van der Waals surface area contributed by atoms with Crippen LogP contribution in [0.1, 0.15) is 17.4 Å². The molecule has 2 aromatic heterocycles. The average molecular weight is 313 g/mol. The number of rotatable bonds is 4. The molecule has 1 N–H and O–H groups in total. The highest BCUT2D eigenvalue weighted by atomic mass is 79.9. The smallest absolute Gasteiger partial charge is 0.212 e. The van der Waals surface area contributed by atoms with Gasteiger partial charge in [-0.2, -0.15) is 0 Å². The van der Waals surface area contributed by atoms with Crippen LogP contribution in [-0.2, 0) is 13.5 Å². The Kier molecular flexibility index (Phi) is 3.93. The fourth-order valence-corrected chi connectivity index (χ4v) is 2.26. The summed E-state index contributed by atoms with van der Waals surface area (Å²) < 4.78 is 7.08. The van der Waals surface area contributed by atoms with Gasteiger partial charge in [-0.15, -0.1) is 5.10 Å². The molecule has 0 amide bonds. The molecular formula is C11H13BrN4O2. The quantitative estimate of drug-likeness (QED) is 0.920.